The summed E-state index contributed by atoms with van der Waals surface area (Å²) in [7, 11) is 0. The van der Waals surface area contributed by atoms with E-state index in [-0.39, 0.29) is 6.42 Å². The van der Waals surface area contributed by atoms with Crippen molar-refractivity contribution in [3.05, 3.63) is 0 Å². The van der Waals surface area contributed by atoms with Gasteiger partial charge in [0.25, 0.3) is 0 Å². The van der Waals surface area contributed by atoms with Crippen molar-refractivity contribution in [1.82, 2.24) is 4.90 Å². The molecule has 0 spiro atoms. The summed E-state index contributed by atoms with van der Waals surface area (Å²) in [6, 6.07) is -1.25. The Labute approximate surface area is 78.5 Å². The van der Waals surface area contributed by atoms with Gasteiger partial charge in [0.05, 0.1) is 5.92 Å². The number of rotatable bonds is 0. The van der Waals surface area contributed by atoms with Crippen LogP contribution in [0.15, 0.2) is 0 Å². The molecule has 0 aromatic heterocycles. The summed E-state index contributed by atoms with van der Waals surface area (Å²) in [5, 5.41) is 8.74. The molecule has 2 rings (SSSR count). The first-order chi connectivity index (χ1) is 6.41. The van der Waals surface area contributed by atoms with Crippen LogP contribution in [0.5, 0.6) is 0 Å². The van der Waals surface area contributed by atoms with Crippen LogP contribution in [0.3, 0.4) is 0 Å². The van der Waals surface area contributed by atoms with Gasteiger partial charge in [0.2, 0.25) is 0 Å². The number of fused-ring (bicyclic) bond motifs is 2. The number of carbonyl (C=O) groups is 1. The molecule has 2 bridgehead atoms. The van der Waals surface area contributed by atoms with Crippen LogP contribution >= 0.6 is 0 Å². The summed E-state index contributed by atoms with van der Waals surface area (Å²) >= 11 is 0. The predicted octanol–water partition coefficient (Wildman–Crippen LogP) is 2.08. The standard InChI is InChI=1S/C8H10F3NO2/c9-8(10,11)5-3-4-1-2-6(5)12(4)7(13)14/h4-6H,1-3H2,(H,13,14)/t4-,5+,6?/m1/s1. The Morgan fingerprint density at radius 2 is 2.00 bits per heavy atom. The second-order valence-electron chi connectivity index (χ2n) is 3.87. The molecule has 1 unspecified atom stereocenters. The zero-order chi connectivity index (χ0) is 10.5. The number of hydrogen-bond donors (Lipinski definition) is 1. The SMILES string of the molecule is O=C(O)N1C2CC[C@@H]1C[C@@H]2C(F)(F)F. The third-order valence-corrected chi connectivity index (χ3v) is 3.18. The summed E-state index contributed by atoms with van der Waals surface area (Å²) in [6.07, 6.45) is -4.61. The molecule has 0 aliphatic carbocycles. The van der Waals surface area contributed by atoms with Gasteiger partial charge < -0.3 is 10.0 Å². The van der Waals surface area contributed by atoms with E-state index in [0.29, 0.717) is 12.8 Å². The van der Waals surface area contributed by atoms with Crippen molar-refractivity contribution < 1.29 is 23.1 Å². The molecule has 2 aliphatic rings. The smallest absolute Gasteiger partial charge is 0.407 e. The van der Waals surface area contributed by atoms with Gasteiger partial charge >= 0.3 is 12.3 Å². The van der Waals surface area contributed by atoms with E-state index in [2.05, 4.69) is 0 Å². The summed E-state index contributed by atoms with van der Waals surface area (Å²) in [5.41, 5.74) is 0. The van der Waals surface area contributed by atoms with Gasteiger partial charge in [0.15, 0.2) is 0 Å². The number of alkyl halides is 3. The number of carboxylic acid groups (broad SMARTS) is 1. The first kappa shape index (κ1) is 9.61. The summed E-state index contributed by atoms with van der Waals surface area (Å²) in [4.78, 5) is 11.7. The van der Waals surface area contributed by atoms with Crippen LogP contribution in [0.4, 0.5) is 18.0 Å². The molecule has 3 nitrogen and oxygen atoms in total. The highest BCUT2D eigenvalue weighted by Gasteiger charge is 2.58. The largest absolute Gasteiger partial charge is 0.465 e. The number of nitrogens with zero attached hydrogens (tertiary/aromatic N) is 1. The van der Waals surface area contributed by atoms with Crippen molar-refractivity contribution in [2.24, 2.45) is 5.92 Å². The Morgan fingerprint density at radius 1 is 1.36 bits per heavy atom. The number of amides is 1. The summed E-state index contributed by atoms with van der Waals surface area (Å²) < 4.78 is 37.3. The van der Waals surface area contributed by atoms with Crippen LogP contribution in [0.2, 0.25) is 0 Å². The average Bonchev–Trinajstić information content (AvgIpc) is 2.57. The van der Waals surface area contributed by atoms with E-state index in [1.165, 1.54) is 0 Å². The first-order valence-corrected chi connectivity index (χ1v) is 4.49. The quantitative estimate of drug-likeness (QED) is 0.663. The highest BCUT2D eigenvalue weighted by Crippen LogP contribution is 2.48. The van der Waals surface area contributed by atoms with Gasteiger partial charge in [-0.3, -0.25) is 0 Å². The highest BCUT2D eigenvalue weighted by molar-refractivity contribution is 5.67. The molecular formula is C8H10F3NO2. The van der Waals surface area contributed by atoms with Gasteiger partial charge in [-0.25, -0.2) is 4.79 Å². The van der Waals surface area contributed by atoms with Crippen molar-refractivity contribution in [3.63, 3.8) is 0 Å². The van der Waals surface area contributed by atoms with Crippen LogP contribution in [-0.4, -0.2) is 34.4 Å². The molecule has 0 aromatic rings. The van der Waals surface area contributed by atoms with E-state index < -0.39 is 30.3 Å². The Morgan fingerprint density at radius 3 is 2.36 bits per heavy atom. The fourth-order valence-corrected chi connectivity index (χ4v) is 2.64. The maximum atomic E-state index is 12.4. The molecule has 14 heavy (non-hydrogen) atoms. The normalized spacial score (nSPS) is 36.5. The Balaban J connectivity index is 2.19. The minimum absolute atomic E-state index is 0.0551. The molecule has 1 amide bonds. The van der Waals surface area contributed by atoms with Crippen LogP contribution in [0.1, 0.15) is 19.3 Å². The molecule has 2 saturated heterocycles. The summed E-state index contributed by atoms with van der Waals surface area (Å²) in [5.74, 6) is -1.45. The fourth-order valence-electron chi connectivity index (χ4n) is 2.64. The van der Waals surface area contributed by atoms with E-state index in [1.54, 1.807) is 0 Å². The maximum absolute atomic E-state index is 12.4. The monoisotopic (exact) mass is 209 g/mol. The molecule has 6 heteroatoms. The molecular weight excluding hydrogens is 199 g/mol. The van der Waals surface area contributed by atoms with E-state index in [9.17, 15) is 18.0 Å². The van der Waals surface area contributed by atoms with Crippen molar-refractivity contribution in [2.75, 3.05) is 0 Å². The van der Waals surface area contributed by atoms with Crippen molar-refractivity contribution >= 4 is 6.09 Å². The molecule has 3 atom stereocenters. The Kier molecular flexibility index (Phi) is 1.90. The summed E-state index contributed by atoms with van der Waals surface area (Å²) in [6.45, 7) is 0. The maximum Gasteiger partial charge on any atom is 0.407 e. The number of hydrogen-bond acceptors (Lipinski definition) is 1. The zero-order valence-electron chi connectivity index (χ0n) is 7.29. The second-order valence-corrected chi connectivity index (χ2v) is 3.87. The third-order valence-electron chi connectivity index (χ3n) is 3.18. The van der Waals surface area contributed by atoms with E-state index in [0.717, 1.165) is 4.90 Å². The number of halogens is 3. The second kappa shape index (κ2) is 2.77. The van der Waals surface area contributed by atoms with Gasteiger partial charge in [-0.05, 0) is 19.3 Å². The molecule has 2 aliphatic heterocycles. The van der Waals surface area contributed by atoms with Gasteiger partial charge in [0, 0.05) is 12.1 Å². The van der Waals surface area contributed by atoms with Crippen LogP contribution in [0, 0.1) is 5.92 Å². The molecule has 2 heterocycles. The third kappa shape index (κ3) is 1.24. The fraction of sp³-hybridized carbons (Fsp3) is 0.875. The lowest BCUT2D eigenvalue weighted by molar-refractivity contribution is -0.180. The van der Waals surface area contributed by atoms with Crippen molar-refractivity contribution in [2.45, 2.75) is 37.5 Å². The van der Waals surface area contributed by atoms with Gasteiger partial charge in [-0.2, -0.15) is 13.2 Å². The minimum atomic E-state index is -4.26. The molecule has 0 saturated carbocycles. The van der Waals surface area contributed by atoms with Crippen molar-refractivity contribution in [1.29, 1.82) is 0 Å². The van der Waals surface area contributed by atoms with E-state index in [1.807, 2.05) is 0 Å². The lowest BCUT2D eigenvalue weighted by Crippen LogP contribution is -2.38. The van der Waals surface area contributed by atoms with Crippen LogP contribution < -0.4 is 0 Å². The van der Waals surface area contributed by atoms with Gasteiger partial charge in [-0.15, -0.1) is 0 Å². The highest BCUT2D eigenvalue weighted by atomic mass is 19.4. The molecule has 0 aromatic carbocycles. The van der Waals surface area contributed by atoms with Gasteiger partial charge in [-0.1, -0.05) is 0 Å². The lowest BCUT2D eigenvalue weighted by atomic mass is 9.89. The molecule has 0 radical (unpaired) electrons. The minimum Gasteiger partial charge on any atom is -0.465 e. The average molecular weight is 209 g/mol. The molecule has 80 valence electrons. The zero-order valence-corrected chi connectivity index (χ0v) is 7.29. The van der Waals surface area contributed by atoms with Crippen LogP contribution in [-0.2, 0) is 0 Å². The van der Waals surface area contributed by atoms with E-state index in [4.69, 9.17) is 5.11 Å². The lowest BCUT2D eigenvalue weighted by Gasteiger charge is -2.23. The van der Waals surface area contributed by atoms with E-state index >= 15 is 0 Å². The van der Waals surface area contributed by atoms with Gasteiger partial charge in [0.1, 0.15) is 0 Å². The van der Waals surface area contributed by atoms with Crippen molar-refractivity contribution in [3.8, 4) is 0 Å². The molecule has 1 N–H and O–H groups in total. The Bertz CT molecular complexity index is 266. The Hall–Kier alpha value is -0.940. The predicted molar refractivity (Wildman–Crippen MR) is 40.8 cm³/mol. The first-order valence-electron chi connectivity index (χ1n) is 4.49. The topological polar surface area (TPSA) is 40.5 Å². The molecule has 2 fully saturated rings. The van der Waals surface area contributed by atoms with Crippen LogP contribution in [0.25, 0.3) is 0 Å².